The Morgan fingerprint density at radius 1 is 1.23 bits per heavy atom. The highest BCUT2D eigenvalue weighted by molar-refractivity contribution is 5.67. The van der Waals surface area contributed by atoms with Gasteiger partial charge < -0.3 is 10.1 Å². The summed E-state index contributed by atoms with van der Waals surface area (Å²) in [5.74, 6) is 0.788. The third kappa shape index (κ3) is 4.18. The number of hydrogen-bond acceptors (Lipinski definition) is 4. The molecule has 5 nitrogen and oxygen atoms in total. The fourth-order valence-corrected chi connectivity index (χ4v) is 2.13. The van der Waals surface area contributed by atoms with Gasteiger partial charge in [-0.2, -0.15) is 5.10 Å². The summed E-state index contributed by atoms with van der Waals surface area (Å²) in [4.78, 5) is 11.9. The number of aromatic nitrogens is 2. The van der Waals surface area contributed by atoms with Crippen LogP contribution >= 0.6 is 0 Å². The third-order valence-electron chi connectivity index (χ3n) is 3.25. The normalized spacial score (nSPS) is 10.6. The predicted octanol–water partition coefficient (Wildman–Crippen LogP) is 2.73. The fourth-order valence-electron chi connectivity index (χ4n) is 2.13. The summed E-state index contributed by atoms with van der Waals surface area (Å²) < 4.78 is 5.76. The molecule has 118 valence electrons. The van der Waals surface area contributed by atoms with E-state index < -0.39 is 0 Å². The van der Waals surface area contributed by atoms with Crippen LogP contribution in [0, 0.1) is 0 Å². The minimum atomic E-state index is -0.153. The van der Waals surface area contributed by atoms with Crippen molar-refractivity contribution in [2.45, 2.75) is 33.2 Å². The van der Waals surface area contributed by atoms with Crippen molar-refractivity contribution >= 4 is 0 Å². The second kappa shape index (κ2) is 8.34. The van der Waals surface area contributed by atoms with Crippen LogP contribution < -0.4 is 15.6 Å². The fraction of sp³-hybridized carbons (Fsp3) is 0.412. The number of H-pyrrole nitrogens is 1. The molecule has 2 aromatic rings. The first-order valence-electron chi connectivity index (χ1n) is 7.77. The van der Waals surface area contributed by atoms with E-state index in [9.17, 15) is 4.79 Å². The van der Waals surface area contributed by atoms with E-state index in [0.29, 0.717) is 18.7 Å². The van der Waals surface area contributed by atoms with E-state index in [1.54, 1.807) is 0 Å². The van der Waals surface area contributed by atoms with Crippen molar-refractivity contribution in [3.05, 3.63) is 46.2 Å². The quantitative estimate of drug-likeness (QED) is 0.736. The molecule has 0 atom stereocenters. The van der Waals surface area contributed by atoms with Crippen molar-refractivity contribution in [3.8, 4) is 17.0 Å². The van der Waals surface area contributed by atoms with E-state index >= 15 is 0 Å². The largest absolute Gasteiger partial charge is 0.493 e. The Balaban J connectivity index is 2.29. The monoisotopic (exact) mass is 301 g/mol. The molecule has 1 aromatic carbocycles. The molecule has 0 radical (unpaired) electrons. The molecule has 5 heteroatoms. The molecule has 0 aliphatic rings. The van der Waals surface area contributed by atoms with E-state index in [4.69, 9.17) is 4.74 Å². The van der Waals surface area contributed by atoms with Crippen LogP contribution in [0.4, 0.5) is 0 Å². The van der Waals surface area contributed by atoms with Gasteiger partial charge in [-0.25, -0.2) is 5.10 Å². The first-order chi connectivity index (χ1) is 10.8. The van der Waals surface area contributed by atoms with Gasteiger partial charge in [-0.05, 0) is 37.6 Å². The number of nitrogens with zero attached hydrogens (tertiary/aromatic N) is 1. The number of nitrogens with one attached hydrogen (secondary N) is 2. The van der Waals surface area contributed by atoms with Gasteiger partial charge >= 0.3 is 0 Å². The van der Waals surface area contributed by atoms with Crippen LogP contribution in [0.2, 0.25) is 0 Å². The zero-order chi connectivity index (χ0) is 15.8. The Morgan fingerprint density at radius 3 is 2.82 bits per heavy atom. The summed E-state index contributed by atoms with van der Waals surface area (Å²) in [7, 11) is 0. The van der Waals surface area contributed by atoms with Gasteiger partial charge in [0.05, 0.1) is 12.3 Å². The second-order valence-corrected chi connectivity index (χ2v) is 5.13. The second-order valence-electron chi connectivity index (χ2n) is 5.13. The first-order valence-corrected chi connectivity index (χ1v) is 7.77. The molecule has 0 saturated heterocycles. The smallest absolute Gasteiger partial charge is 0.268 e. The van der Waals surface area contributed by atoms with Crippen molar-refractivity contribution in [3.63, 3.8) is 0 Å². The Bertz CT molecular complexity index is 652. The lowest BCUT2D eigenvalue weighted by Crippen LogP contribution is -2.22. The van der Waals surface area contributed by atoms with Crippen LogP contribution in [0.15, 0.2) is 35.1 Å². The summed E-state index contributed by atoms with van der Waals surface area (Å²) in [6.45, 7) is 6.24. The highest BCUT2D eigenvalue weighted by Gasteiger charge is 2.10. The van der Waals surface area contributed by atoms with Crippen LogP contribution in [-0.2, 0) is 6.54 Å². The number of para-hydroxylation sites is 1. The molecule has 0 aliphatic heterocycles. The number of hydrogen-bond donors (Lipinski definition) is 2. The molecule has 0 saturated carbocycles. The zero-order valence-electron chi connectivity index (χ0n) is 13.2. The van der Waals surface area contributed by atoms with Crippen LogP contribution in [0.3, 0.4) is 0 Å². The maximum atomic E-state index is 11.9. The molecule has 0 amide bonds. The molecule has 2 N–H and O–H groups in total. The lowest BCUT2D eigenvalue weighted by Gasteiger charge is -2.11. The SMILES string of the molecule is CCCNCc1cc(-c2ccccc2OCCC)n[nH]c1=O. The van der Waals surface area contributed by atoms with Gasteiger partial charge in [-0.3, -0.25) is 4.79 Å². The van der Waals surface area contributed by atoms with Gasteiger partial charge in [0, 0.05) is 17.7 Å². The molecule has 0 aliphatic carbocycles. The highest BCUT2D eigenvalue weighted by Crippen LogP contribution is 2.28. The Kier molecular flexibility index (Phi) is 6.15. The zero-order valence-corrected chi connectivity index (χ0v) is 13.2. The molecule has 0 spiro atoms. The molecule has 22 heavy (non-hydrogen) atoms. The summed E-state index contributed by atoms with van der Waals surface area (Å²) in [5, 5.41) is 9.98. The maximum absolute atomic E-state index is 11.9. The lowest BCUT2D eigenvalue weighted by atomic mass is 10.1. The topological polar surface area (TPSA) is 67.0 Å². The van der Waals surface area contributed by atoms with Crippen molar-refractivity contribution in [2.75, 3.05) is 13.2 Å². The van der Waals surface area contributed by atoms with Crippen molar-refractivity contribution in [2.24, 2.45) is 0 Å². The van der Waals surface area contributed by atoms with Crippen LogP contribution in [0.5, 0.6) is 5.75 Å². The van der Waals surface area contributed by atoms with Crippen molar-refractivity contribution in [1.82, 2.24) is 15.5 Å². The summed E-state index contributed by atoms with van der Waals surface area (Å²) >= 11 is 0. The predicted molar refractivity (Wildman–Crippen MR) is 88.1 cm³/mol. The van der Waals surface area contributed by atoms with Crippen LogP contribution in [-0.4, -0.2) is 23.3 Å². The number of benzene rings is 1. The molecule has 1 heterocycles. The molecule has 0 unspecified atom stereocenters. The maximum Gasteiger partial charge on any atom is 0.268 e. The Hall–Kier alpha value is -2.14. The van der Waals surface area contributed by atoms with Gasteiger partial charge in [0.1, 0.15) is 5.75 Å². The Morgan fingerprint density at radius 2 is 2.05 bits per heavy atom. The van der Waals surface area contributed by atoms with Gasteiger partial charge in [0.15, 0.2) is 0 Å². The average Bonchev–Trinajstić information content (AvgIpc) is 2.55. The standard InChI is InChI=1S/C17H23N3O2/c1-3-9-18-12-13-11-15(19-20-17(13)21)14-7-5-6-8-16(14)22-10-4-2/h5-8,11,18H,3-4,9-10,12H2,1-2H3,(H,20,21). The lowest BCUT2D eigenvalue weighted by molar-refractivity contribution is 0.318. The summed E-state index contributed by atoms with van der Waals surface area (Å²) in [6, 6.07) is 9.58. The van der Waals surface area contributed by atoms with Gasteiger partial charge in [-0.1, -0.05) is 26.0 Å². The minimum absolute atomic E-state index is 0.153. The summed E-state index contributed by atoms with van der Waals surface area (Å²) in [5.41, 5.74) is 2.14. The van der Waals surface area contributed by atoms with Gasteiger partial charge in [-0.15, -0.1) is 0 Å². The van der Waals surface area contributed by atoms with E-state index in [-0.39, 0.29) is 5.56 Å². The van der Waals surface area contributed by atoms with E-state index in [0.717, 1.165) is 36.4 Å². The highest BCUT2D eigenvalue weighted by atomic mass is 16.5. The van der Waals surface area contributed by atoms with E-state index in [2.05, 4.69) is 29.4 Å². The molecule has 0 fully saturated rings. The average molecular weight is 301 g/mol. The molecular weight excluding hydrogens is 278 g/mol. The number of ether oxygens (including phenoxy) is 1. The minimum Gasteiger partial charge on any atom is -0.493 e. The first kappa shape index (κ1) is 16.2. The van der Waals surface area contributed by atoms with Crippen molar-refractivity contribution < 1.29 is 4.74 Å². The van der Waals surface area contributed by atoms with E-state index in [1.807, 2.05) is 30.3 Å². The number of aromatic amines is 1. The summed E-state index contributed by atoms with van der Waals surface area (Å²) in [6.07, 6.45) is 1.98. The molecule has 2 rings (SSSR count). The van der Waals surface area contributed by atoms with Crippen LogP contribution in [0.1, 0.15) is 32.3 Å². The van der Waals surface area contributed by atoms with Crippen molar-refractivity contribution in [1.29, 1.82) is 0 Å². The number of rotatable bonds is 8. The molecular formula is C17H23N3O2. The molecule has 0 bridgehead atoms. The van der Waals surface area contributed by atoms with Crippen LogP contribution in [0.25, 0.3) is 11.3 Å². The van der Waals surface area contributed by atoms with Gasteiger partial charge in [0.25, 0.3) is 5.56 Å². The molecule has 1 aromatic heterocycles. The third-order valence-corrected chi connectivity index (χ3v) is 3.25. The van der Waals surface area contributed by atoms with E-state index in [1.165, 1.54) is 0 Å². The Labute approximate surface area is 130 Å². The van der Waals surface area contributed by atoms with Gasteiger partial charge in [0.2, 0.25) is 0 Å².